The molecule has 128 valence electrons. The van der Waals surface area contributed by atoms with Crippen molar-refractivity contribution in [3.05, 3.63) is 36.0 Å². The summed E-state index contributed by atoms with van der Waals surface area (Å²) in [6, 6.07) is 7.68. The van der Waals surface area contributed by atoms with Crippen molar-refractivity contribution < 1.29 is 14.1 Å². The van der Waals surface area contributed by atoms with Crippen molar-refractivity contribution in [3.8, 4) is 5.75 Å². The molecule has 3 rings (SSSR count). The van der Waals surface area contributed by atoms with E-state index in [9.17, 15) is 4.79 Å². The van der Waals surface area contributed by atoms with Crippen LogP contribution in [-0.2, 0) is 11.4 Å². The summed E-state index contributed by atoms with van der Waals surface area (Å²) >= 11 is 0. The quantitative estimate of drug-likeness (QED) is 0.874. The zero-order valence-electron chi connectivity index (χ0n) is 13.9. The van der Waals surface area contributed by atoms with Crippen LogP contribution in [0.3, 0.4) is 0 Å². The highest BCUT2D eigenvalue weighted by Crippen LogP contribution is 2.21. The summed E-state index contributed by atoms with van der Waals surface area (Å²) in [6.07, 6.45) is 1.75. The molecule has 0 saturated carbocycles. The molecule has 0 spiro atoms. The summed E-state index contributed by atoms with van der Waals surface area (Å²) in [4.78, 5) is 16.4. The van der Waals surface area contributed by atoms with E-state index < -0.39 is 0 Å². The molecule has 1 fully saturated rings. The Hall–Kier alpha value is -2.41. The maximum absolute atomic E-state index is 12.3. The van der Waals surface area contributed by atoms with Crippen LogP contribution in [0.15, 0.2) is 28.8 Å². The molecular formula is C17H22N4O3. The van der Waals surface area contributed by atoms with Gasteiger partial charge in [-0.15, -0.1) is 0 Å². The minimum atomic E-state index is 0.0682. The van der Waals surface area contributed by atoms with Crippen molar-refractivity contribution in [1.82, 2.24) is 15.5 Å². The Kier molecular flexibility index (Phi) is 5.10. The fourth-order valence-electron chi connectivity index (χ4n) is 2.80. The first-order valence-corrected chi connectivity index (χ1v) is 8.16. The predicted octanol–water partition coefficient (Wildman–Crippen LogP) is 2.28. The molecule has 1 aromatic carbocycles. The highest BCUT2D eigenvalue weighted by Gasteiger charge is 2.24. The van der Waals surface area contributed by atoms with Gasteiger partial charge in [-0.3, -0.25) is 4.79 Å². The van der Waals surface area contributed by atoms with E-state index in [1.807, 2.05) is 24.3 Å². The van der Waals surface area contributed by atoms with Crippen LogP contribution in [0.25, 0.3) is 0 Å². The molecule has 0 radical (unpaired) electrons. The molecule has 1 saturated heterocycles. The van der Waals surface area contributed by atoms with E-state index in [1.165, 1.54) is 0 Å². The topological polar surface area (TPSA) is 89.3 Å². The number of hydrogen-bond acceptors (Lipinski definition) is 6. The van der Waals surface area contributed by atoms with Gasteiger partial charge in [0.05, 0.1) is 0 Å². The lowest BCUT2D eigenvalue weighted by Crippen LogP contribution is -2.40. The van der Waals surface area contributed by atoms with Gasteiger partial charge in [-0.05, 0) is 50.6 Å². The summed E-state index contributed by atoms with van der Waals surface area (Å²) < 4.78 is 10.5. The molecule has 24 heavy (non-hydrogen) atoms. The predicted molar refractivity (Wildman–Crippen MR) is 88.6 cm³/mol. The van der Waals surface area contributed by atoms with Crippen molar-refractivity contribution >= 4 is 11.6 Å². The van der Waals surface area contributed by atoms with Crippen LogP contribution >= 0.6 is 0 Å². The number of carbonyl (C=O) groups is 1. The first-order chi connectivity index (χ1) is 11.6. The van der Waals surface area contributed by atoms with E-state index in [0.717, 1.165) is 25.1 Å². The van der Waals surface area contributed by atoms with Crippen LogP contribution < -0.4 is 15.4 Å². The summed E-state index contributed by atoms with van der Waals surface area (Å²) in [7, 11) is 0. The Morgan fingerprint density at radius 2 is 2.21 bits per heavy atom. The van der Waals surface area contributed by atoms with Gasteiger partial charge >= 0.3 is 0 Å². The van der Waals surface area contributed by atoms with E-state index in [2.05, 4.69) is 27.7 Å². The number of rotatable bonds is 5. The van der Waals surface area contributed by atoms with Gasteiger partial charge in [0.25, 0.3) is 0 Å². The third kappa shape index (κ3) is 4.32. The van der Waals surface area contributed by atoms with Gasteiger partial charge < -0.3 is 19.9 Å². The molecule has 7 heteroatoms. The molecule has 0 unspecified atom stereocenters. The van der Waals surface area contributed by atoms with Gasteiger partial charge in [0.1, 0.15) is 5.75 Å². The summed E-state index contributed by atoms with van der Waals surface area (Å²) in [5.41, 5.74) is 0.772. The lowest BCUT2D eigenvalue weighted by molar-refractivity contribution is -0.120. The number of nitrogens with one attached hydrogen (secondary N) is 2. The Labute approximate surface area is 140 Å². The number of ether oxygens (including phenoxy) is 1. The molecule has 1 aliphatic heterocycles. The van der Waals surface area contributed by atoms with E-state index in [4.69, 9.17) is 9.26 Å². The van der Waals surface area contributed by atoms with E-state index in [-0.39, 0.29) is 18.4 Å². The zero-order valence-corrected chi connectivity index (χ0v) is 13.9. The molecule has 7 nitrogen and oxygen atoms in total. The SMILES string of the molecule is Cc1nc(COc2ccc(NC(=O)[C@H]3CCN[C@@H](C)C3)cc2)no1. The summed E-state index contributed by atoms with van der Waals surface area (Å²) in [6.45, 7) is 4.98. The third-order valence-corrected chi connectivity index (χ3v) is 4.05. The Balaban J connectivity index is 1.51. The maximum atomic E-state index is 12.3. The average molecular weight is 330 g/mol. The van der Waals surface area contributed by atoms with Gasteiger partial charge in [0.15, 0.2) is 6.61 Å². The molecule has 0 aliphatic carbocycles. The fourth-order valence-corrected chi connectivity index (χ4v) is 2.80. The highest BCUT2D eigenvalue weighted by molar-refractivity contribution is 5.92. The Bertz CT molecular complexity index is 683. The molecule has 1 aliphatic rings. The van der Waals surface area contributed by atoms with Gasteiger partial charge in [0.2, 0.25) is 17.6 Å². The summed E-state index contributed by atoms with van der Waals surface area (Å²) in [5.74, 6) is 1.85. The lowest BCUT2D eigenvalue weighted by atomic mass is 9.92. The van der Waals surface area contributed by atoms with Crippen LogP contribution in [-0.4, -0.2) is 28.6 Å². The van der Waals surface area contributed by atoms with E-state index in [1.54, 1.807) is 6.92 Å². The highest BCUT2D eigenvalue weighted by atomic mass is 16.5. The van der Waals surface area contributed by atoms with Crippen molar-refractivity contribution in [2.75, 3.05) is 11.9 Å². The molecular weight excluding hydrogens is 308 g/mol. The molecule has 2 atom stereocenters. The van der Waals surface area contributed by atoms with E-state index >= 15 is 0 Å². The van der Waals surface area contributed by atoms with Gasteiger partial charge in [-0.2, -0.15) is 4.98 Å². The second-order valence-corrected chi connectivity index (χ2v) is 6.11. The number of anilines is 1. The molecule has 1 amide bonds. The van der Waals surface area contributed by atoms with Crippen molar-refractivity contribution in [2.24, 2.45) is 5.92 Å². The molecule has 1 aromatic heterocycles. The number of carbonyl (C=O) groups excluding carboxylic acids is 1. The van der Waals surface area contributed by atoms with Crippen LogP contribution in [0.4, 0.5) is 5.69 Å². The summed E-state index contributed by atoms with van der Waals surface area (Å²) in [5, 5.41) is 10.1. The van der Waals surface area contributed by atoms with Gasteiger partial charge in [-0.1, -0.05) is 5.16 Å². The number of benzene rings is 1. The van der Waals surface area contributed by atoms with Crippen molar-refractivity contribution in [2.45, 2.75) is 39.3 Å². The first-order valence-electron chi connectivity index (χ1n) is 8.16. The minimum absolute atomic E-state index is 0.0682. The average Bonchev–Trinajstić information content (AvgIpc) is 3.00. The van der Waals surface area contributed by atoms with Gasteiger partial charge in [-0.25, -0.2) is 0 Å². The number of hydrogen-bond donors (Lipinski definition) is 2. The van der Waals surface area contributed by atoms with E-state index in [0.29, 0.717) is 23.5 Å². The maximum Gasteiger partial charge on any atom is 0.227 e. The largest absolute Gasteiger partial charge is 0.485 e. The zero-order chi connectivity index (χ0) is 16.9. The van der Waals surface area contributed by atoms with Crippen LogP contribution in [0.1, 0.15) is 31.5 Å². The van der Waals surface area contributed by atoms with Crippen LogP contribution in [0.5, 0.6) is 5.75 Å². The van der Waals surface area contributed by atoms with Crippen LogP contribution in [0.2, 0.25) is 0 Å². The molecule has 2 heterocycles. The van der Waals surface area contributed by atoms with Crippen molar-refractivity contribution in [3.63, 3.8) is 0 Å². The number of aryl methyl sites for hydroxylation is 1. The van der Waals surface area contributed by atoms with Crippen LogP contribution in [0, 0.1) is 12.8 Å². The lowest BCUT2D eigenvalue weighted by Gasteiger charge is -2.27. The second kappa shape index (κ2) is 7.44. The van der Waals surface area contributed by atoms with Crippen molar-refractivity contribution in [1.29, 1.82) is 0 Å². The molecule has 0 bridgehead atoms. The molecule has 2 aromatic rings. The minimum Gasteiger partial charge on any atom is -0.485 e. The normalized spacial score (nSPS) is 20.6. The number of aromatic nitrogens is 2. The smallest absolute Gasteiger partial charge is 0.227 e. The van der Waals surface area contributed by atoms with Gasteiger partial charge in [0, 0.05) is 24.6 Å². The molecule has 2 N–H and O–H groups in total. The standard InChI is InChI=1S/C17H22N4O3/c1-11-9-13(7-8-18-11)17(22)20-14-3-5-15(6-4-14)23-10-16-19-12(2)24-21-16/h3-6,11,13,18H,7-10H2,1-2H3,(H,20,22)/t11-,13-/m0/s1. The Morgan fingerprint density at radius 3 is 2.88 bits per heavy atom. The monoisotopic (exact) mass is 330 g/mol. The Morgan fingerprint density at radius 1 is 1.42 bits per heavy atom. The fraction of sp³-hybridized carbons (Fsp3) is 0.471. The number of piperidine rings is 1. The number of amides is 1. The first kappa shape index (κ1) is 16.4. The second-order valence-electron chi connectivity index (χ2n) is 6.11. The third-order valence-electron chi connectivity index (χ3n) is 4.05. The number of nitrogens with zero attached hydrogens (tertiary/aromatic N) is 2.